The van der Waals surface area contributed by atoms with Crippen LogP contribution in [0.1, 0.15) is 53.4 Å². The minimum absolute atomic E-state index is 0.0826. The first-order valence-corrected chi connectivity index (χ1v) is 9.68. The molecule has 0 aromatic heterocycles. The number of likely N-dealkylation sites (tertiary alicyclic amines) is 1. The van der Waals surface area contributed by atoms with Crippen molar-refractivity contribution in [3.8, 4) is 6.07 Å². The van der Waals surface area contributed by atoms with Crippen LogP contribution in [-0.4, -0.2) is 46.7 Å². The van der Waals surface area contributed by atoms with Crippen molar-refractivity contribution in [3.05, 3.63) is 35.7 Å². The lowest BCUT2D eigenvalue weighted by Gasteiger charge is -2.43. The predicted octanol–water partition coefficient (Wildman–Crippen LogP) is 3.68. The number of allylic oxidation sites excluding steroid dienone is 3. The molecule has 2 fully saturated rings. The summed E-state index contributed by atoms with van der Waals surface area (Å²) in [5, 5.41) is 9.51. The lowest BCUT2D eigenvalue weighted by atomic mass is 10.0. The molecule has 2 aliphatic rings. The van der Waals surface area contributed by atoms with Crippen LogP contribution in [0.5, 0.6) is 0 Å². The number of piperazine rings is 1. The van der Waals surface area contributed by atoms with Crippen LogP contribution in [0, 0.1) is 11.3 Å². The van der Waals surface area contributed by atoms with Crippen molar-refractivity contribution < 1.29 is 9.53 Å². The molecule has 1 amide bonds. The number of carbonyl (C=O) groups is 1. The summed E-state index contributed by atoms with van der Waals surface area (Å²) >= 11 is 0. The van der Waals surface area contributed by atoms with Crippen LogP contribution < -0.4 is 5.73 Å². The maximum atomic E-state index is 12.6. The molecule has 0 aliphatic carbocycles. The van der Waals surface area contributed by atoms with E-state index in [1.54, 1.807) is 0 Å². The van der Waals surface area contributed by atoms with Crippen molar-refractivity contribution in [2.24, 2.45) is 5.73 Å². The standard InChI is InChI=1S/C21H32N4O2/c1-6-7-15(2)10-19(16(11-22)12-23)24-13-17-8-9-18(14-24)25(17)20(26)27-21(3,4)5/h10-11,17-18H,2,6-9,13-14,22H2,1,3-5H3/b16-11-,19-10+. The molecule has 2 rings (SSSR count). The summed E-state index contributed by atoms with van der Waals surface area (Å²) in [6.45, 7) is 13.2. The van der Waals surface area contributed by atoms with Crippen molar-refractivity contribution >= 4 is 6.09 Å². The zero-order chi connectivity index (χ0) is 20.2. The Morgan fingerprint density at radius 2 is 1.93 bits per heavy atom. The van der Waals surface area contributed by atoms with E-state index in [0.717, 1.165) is 37.0 Å². The summed E-state index contributed by atoms with van der Waals surface area (Å²) in [7, 11) is 0. The fraction of sp³-hybridized carbons (Fsp3) is 0.619. The maximum absolute atomic E-state index is 12.6. The number of hydrogen-bond acceptors (Lipinski definition) is 5. The van der Waals surface area contributed by atoms with Gasteiger partial charge in [-0.1, -0.05) is 25.5 Å². The Balaban J connectivity index is 2.22. The molecule has 2 N–H and O–H groups in total. The normalized spacial score (nSPS) is 23.2. The van der Waals surface area contributed by atoms with Crippen LogP contribution in [0.2, 0.25) is 0 Å². The second-order valence-corrected chi connectivity index (χ2v) is 8.31. The van der Waals surface area contributed by atoms with Gasteiger partial charge in [-0.3, -0.25) is 4.90 Å². The van der Waals surface area contributed by atoms with Gasteiger partial charge in [-0.2, -0.15) is 5.26 Å². The Morgan fingerprint density at radius 1 is 1.33 bits per heavy atom. The first-order chi connectivity index (χ1) is 12.7. The van der Waals surface area contributed by atoms with Gasteiger partial charge in [0.25, 0.3) is 0 Å². The molecule has 2 saturated heterocycles. The lowest BCUT2D eigenvalue weighted by Crippen LogP contribution is -2.56. The highest BCUT2D eigenvalue weighted by molar-refractivity contribution is 5.70. The van der Waals surface area contributed by atoms with Crippen LogP contribution in [0.3, 0.4) is 0 Å². The highest BCUT2D eigenvalue weighted by Gasteiger charge is 2.44. The first kappa shape index (κ1) is 20.9. The average Bonchev–Trinajstić information content (AvgIpc) is 2.84. The average molecular weight is 373 g/mol. The van der Waals surface area contributed by atoms with Crippen molar-refractivity contribution in [1.82, 2.24) is 9.80 Å². The van der Waals surface area contributed by atoms with E-state index in [-0.39, 0.29) is 18.2 Å². The summed E-state index contributed by atoms with van der Waals surface area (Å²) in [4.78, 5) is 16.7. The zero-order valence-electron chi connectivity index (χ0n) is 17.0. The molecule has 0 radical (unpaired) electrons. The molecule has 6 nitrogen and oxygen atoms in total. The summed E-state index contributed by atoms with van der Waals surface area (Å²) < 4.78 is 5.60. The van der Waals surface area contributed by atoms with Gasteiger partial charge in [0.15, 0.2) is 0 Å². The van der Waals surface area contributed by atoms with Crippen molar-refractivity contribution in [2.75, 3.05) is 13.1 Å². The molecule has 0 spiro atoms. The van der Waals surface area contributed by atoms with E-state index in [4.69, 9.17) is 10.5 Å². The molecular formula is C21H32N4O2. The number of fused-ring (bicyclic) bond motifs is 2. The Morgan fingerprint density at radius 3 is 2.37 bits per heavy atom. The highest BCUT2D eigenvalue weighted by Crippen LogP contribution is 2.34. The van der Waals surface area contributed by atoms with Gasteiger partial charge in [-0.15, -0.1) is 0 Å². The molecule has 0 saturated carbocycles. The largest absolute Gasteiger partial charge is 0.444 e. The number of nitriles is 1. The monoisotopic (exact) mass is 372 g/mol. The lowest BCUT2D eigenvalue weighted by molar-refractivity contribution is -0.0000647. The van der Waals surface area contributed by atoms with Gasteiger partial charge in [0.1, 0.15) is 11.7 Å². The molecule has 2 atom stereocenters. The van der Waals surface area contributed by atoms with Gasteiger partial charge in [0.2, 0.25) is 0 Å². The summed E-state index contributed by atoms with van der Waals surface area (Å²) in [5.41, 5.74) is 7.42. The Labute approximate surface area is 162 Å². The van der Waals surface area contributed by atoms with Gasteiger partial charge >= 0.3 is 6.09 Å². The summed E-state index contributed by atoms with van der Waals surface area (Å²) in [6.07, 6.45) is 6.83. The minimum Gasteiger partial charge on any atom is -0.444 e. The molecule has 2 aliphatic heterocycles. The number of rotatable bonds is 5. The number of nitrogens with two attached hydrogens (primary N) is 1. The van der Waals surface area contributed by atoms with Crippen molar-refractivity contribution in [1.29, 1.82) is 5.26 Å². The molecule has 0 aromatic rings. The maximum Gasteiger partial charge on any atom is 0.410 e. The van der Waals surface area contributed by atoms with Gasteiger partial charge < -0.3 is 15.4 Å². The fourth-order valence-corrected chi connectivity index (χ4v) is 3.82. The molecule has 2 unspecified atom stereocenters. The smallest absolute Gasteiger partial charge is 0.410 e. The van der Waals surface area contributed by atoms with E-state index in [2.05, 4.69) is 24.5 Å². The number of hydrogen-bond donors (Lipinski definition) is 1. The van der Waals surface area contributed by atoms with Gasteiger partial charge in [0, 0.05) is 19.3 Å². The fourth-order valence-electron chi connectivity index (χ4n) is 3.82. The van der Waals surface area contributed by atoms with Crippen LogP contribution in [-0.2, 0) is 4.74 Å². The van der Waals surface area contributed by atoms with Crippen molar-refractivity contribution in [2.45, 2.75) is 71.1 Å². The predicted molar refractivity (Wildman–Crippen MR) is 106 cm³/mol. The van der Waals surface area contributed by atoms with Crippen LogP contribution in [0.4, 0.5) is 4.79 Å². The Kier molecular flexibility index (Phi) is 6.59. The second kappa shape index (κ2) is 8.51. The number of nitrogens with zero attached hydrogens (tertiary/aromatic N) is 3. The minimum atomic E-state index is -0.507. The molecule has 2 bridgehead atoms. The van der Waals surface area contributed by atoms with Crippen LogP contribution >= 0.6 is 0 Å². The van der Waals surface area contributed by atoms with Crippen LogP contribution in [0.25, 0.3) is 0 Å². The number of carbonyl (C=O) groups excluding carboxylic acids is 1. The van der Waals surface area contributed by atoms with Crippen molar-refractivity contribution in [3.63, 3.8) is 0 Å². The topological polar surface area (TPSA) is 82.6 Å². The van der Waals surface area contributed by atoms with Gasteiger partial charge in [-0.25, -0.2) is 4.79 Å². The second-order valence-electron chi connectivity index (χ2n) is 8.31. The van der Waals surface area contributed by atoms with E-state index < -0.39 is 5.60 Å². The van der Waals surface area contributed by atoms with E-state index in [9.17, 15) is 10.1 Å². The van der Waals surface area contributed by atoms with E-state index in [0.29, 0.717) is 18.7 Å². The molecule has 148 valence electrons. The zero-order valence-corrected chi connectivity index (χ0v) is 17.0. The van der Waals surface area contributed by atoms with E-state index >= 15 is 0 Å². The van der Waals surface area contributed by atoms with Gasteiger partial charge in [0.05, 0.1) is 23.4 Å². The number of ether oxygens (including phenoxy) is 1. The third-order valence-electron chi connectivity index (χ3n) is 4.90. The quantitative estimate of drug-likeness (QED) is 0.588. The SMILES string of the molecule is C=C(/C=C(\C(C#N)=C/N)N1CC2CCC(C1)N2C(=O)OC(C)(C)C)CCC. The molecule has 2 heterocycles. The number of amides is 1. The highest BCUT2D eigenvalue weighted by atomic mass is 16.6. The third kappa shape index (κ3) is 5.06. The Hall–Kier alpha value is -2.42. The van der Waals surface area contributed by atoms with E-state index in [1.807, 2.05) is 31.7 Å². The summed E-state index contributed by atoms with van der Waals surface area (Å²) in [6, 6.07) is 2.36. The van der Waals surface area contributed by atoms with Gasteiger partial charge in [-0.05, 0) is 46.1 Å². The first-order valence-electron chi connectivity index (χ1n) is 9.68. The molecule has 6 heteroatoms. The Bertz CT molecular complexity index is 667. The summed E-state index contributed by atoms with van der Waals surface area (Å²) in [5.74, 6) is 0. The molecule has 27 heavy (non-hydrogen) atoms. The molecular weight excluding hydrogens is 340 g/mol. The molecule has 0 aromatic carbocycles. The third-order valence-corrected chi connectivity index (χ3v) is 4.90. The van der Waals surface area contributed by atoms with E-state index in [1.165, 1.54) is 6.20 Å². The van der Waals surface area contributed by atoms with Crippen LogP contribution in [0.15, 0.2) is 35.7 Å².